The number of Topliss-reactive ketones (excluding diaryl/α,β-unsaturated/α-hetero) is 1. The Morgan fingerprint density at radius 2 is 1.63 bits per heavy atom. The van der Waals surface area contributed by atoms with E-state index in [0.29, 0.717) is 25.0 Å². The SMILES string of the molecule is CCCC(NC(=O)C1C[C@H](Oc2ccc(-c3ccccc3)nn2)CN1C(=O)C(NC(=O)C(NC(=O)c1cnccn1)C1CCCCC1)C(C)(C)C)C(=O)C(=O)NC1CC1. The lowest BCUT2D eigenvalue weighted by Gasteiger charge is -2.37. The summed E-state index contributed by atoms with van der Waals surface area (Å²) < 4.78 is 6.24. The van der Waals surface area contributed by atoms with Crippen LogP contribution >= 0.6 is 0 Å². The lowest BCUT2D eigenvalue weighted by Crippen LogP contribution is -2.62. The van der Waals surface area contributed by atoms with Crippen LogP contribution in [-0.4, -0.2) is 103 Å². The predicted molar refractivity (Wildman–Crippen MR) is 216 cm³/mol. The molecule has 1 aliphatic heterocycles. The second-order valence-corrected chi connectivity index (χ2v) is 16.8. The van der Waals surface area contributed by atoms with Crippen LogP contribution in [0.5, 0.6) is 5.88 Å². The molecule has 2 saturated carbocycles. The Morgan fingerprint density at radius 1 is 0.881 bits per heavy atom. The Labute approximate surface area is 344 Å². The number of benzene rings is 1. The zero-order valence-electron chi connectivity index (χ0n) is 34.2. The van der Waals surface area contributed by atoms with E-state index in [-0.39, 0.29) is 42.9 Å². The Hall–Kier alpha value is -5.80. The van der Waals surface area contributed by atoms with Gasteiger partial charge in [0.2, 0.25) is 29.4 Å². The topological polar surface area (TPSA) is 215 Å². The first-order valence-corrected chi connectivity index (χ1v) is 20.7. The third-order valence-electron chi connectivity index (χ3n) is 11.1. The highest BCUT2D eigenvalue weighted by atomic mass is 16.5. The molecular formula is C43H55N9O7. The van der Waals surface area contributed by atoms with Crippen LogP contribution in [0.15, 0.2) is 61.1 Å². The maximum atomic E-state index is 14.9. The Kier molecular flexibility index (Phi) is 14.0. The monoisotopic (exact) mass is 809 g/mol. The summed E-state index contributed by atoms with van der Waals surface area (Å²) in [7, 11) is 0. The van der Waals surface area contributed by atoms with Gasteiger partial charge in [-0.3, -0.25) is 33.8 Å². The molecular weight excluding hydrogens is 755 g/mol. The summed E-state index contributed by atoms with van der Waals surface area (Å²) >= 11 is 0. The molecule has 6 rings (SSSR count). The number of likely N-dealkylation sites (tertiary alicyclic amines) is 1. The van der Waals surface area contributed by atoms with Gasteiger partial charge in [-0.05, 0) is 49.5 Å². The van der Waals surface area contributed by atoms with Crippen LogP contribution in [0.4, 0.5) is 0 Å². The van der Waals surface area contributed by atoms with Gasteiger partial charge in [-0.2, -0.15) is 0 Å². The molecule has 3 aliphatic rings. The molecule has 0 radical (unpaired) electrons. The van der Waals surface area contributed by atoms with Crippen LogP contribution < -0.4 is 26.0 Å². The number of hydrogen-bond donors (Lipinski definition) is 4. The van der Waals surface area contributed by atoms with Gasteiger partial charge in [0.25, 0.3) is 11.8 Å². The van der Waals surface area contributed by atoms with E-state index in [2.05, 4.69) is 41.4 Å². The molecule has 3 aromatic rings. The van der Waals surface area contributed by atoms with Crippen molar-refractivity contribution in [1.82, 2.24) is 46.3 Å². The zero-order valence-corrected chi connectivity index (χ0v) is 34.2. The Morgan fingerprint density at radius 3 is 2.25 bits per heavy atom. The Balaban J connectivity index is 1.25. The number of ketones is 1. The first kappa shape index (κ1) is 42.8. The van der Waals surface area contributed by atoms with Gasteiger partial charge in [-0.15, -0.1) is 10.2 Å². The van der Waals surface area contributed by atoms with Crippen molar-refractivity contribution in [3.05, 3.63) is 66.7 Å². The van der Waals surface area contributed by atoms with E-state index in [1.807, 2.05) is 37.3 Å². The number of ether oxygens (including phenoxy) is 1. The summed E-state index contributed by atoms with van der Waals surface area (Å²) in [4.78, 5) is 92.3. The van der Waals surface area contributed by atoms with E-state index in [9.17, 15) is 28.8 Å². The number of carbonyl (C=O) groups is 6. The third kappa shape index (κ3) is 11.2. The van der Waals surface area contributed by atoms with Crippen molar-refractivity contribution in [1.29, 1.82) is 0 Å². The van der Waals surface area contributed by atoms with Gasteiger partial charge in [0.1, 0.15) is 29.9 Å². The van der Waals surface area contributed by atoms with Crippen LogP contribution in [0.1, 0.15) is 102 Å². The molecule has 16 heteroatoms. The molecule has 3 heterocycles. The van der Waals surface area contributed by atoms with Crippen LogP contribution in [0.3, 0.4) is 0 Å². The minimum absolute atomic E-state index is 0.0324. The molecule has 1 saturated heterocycles. The average molecular weight is 810 g/mol. The van der Waals surface area contributed by atoms with E-state index in [0.717, 1.165) is 37.7 Å². The lowest BCUT2D eigenvalue weighted by atomic mass is 9.82. The van der Waals surface area contributed by atoms with E-state index in [4.69, 9.17) is 4.74 Å². The molecule has 2 aromatic heterocycles. The number of nitrogens with zero attached hydrogens (tertiary/aromatic N) is 5. The molecule has 0 spiro atoms. The first-order valence-electron chi connectivity index (χ1n) is 20.7. The fourth-order valence-corrected chi connectivity index (χ4v) is 7.70. The summed E-state index contributed by atoms with van der Waals surface area (Å²) in [5.41, 5.74) is 0.709. The van der Waals surface area contributed by atoms with Crippen molar-refractivity contribution in [3.63, 3.8) is 0 Å². The normalized spacial score (nSPS) is 19.8. The average Bonchev–Trinajstić information content (AvgIpc) is 3.96. The van der Waals surface area contributed by atoms with Gasteiger partial charge in [-0.25, -0.2) is 4.98 Å². The van der Waals surface area contributed by atoms with Crippen molar-refractivity contribution >= 4 is 35.3 Å². The van der Waals surface area contributed by atoms with Crippen LogP contribution in [-0.2, 0) is 24.0 Å². The van der Waals surface area contributed by atoms with Gasteiger partial charge < -0.3 is 30.9 Å². The summed E-state index contributed by atoms with van der Waals surface area (Å²) in [6, 6.07) is 8.57. The predicted octanol–water partition coefficient (Wildman–Crippen LogP) is 3.32. The first-order chi connectivity index (χ1) is 28.3. The molecule has 16 nitrogen and oxygen atoms in total. The van der Waals surface area contributed by atoms with Crippen LogP contribution in [0.2, 0.25) is 0 Å². The maximum absolute atomic E-state index is 14.9. The molecule has 5 atom stereocenters. The highest BCUT2D eigenvalue weighted by Gasteiger charge is 2.47. The number of rotatable bonds is 16. The quantitative estimate of drug-likeness (QED) is 0.154. The van der Waals surface area contributed by atoms with Crippen molar-refractivity contribution in [2.75, 3.05) is 6.54 Å². The molecule has 1 aromatic carbocycles. The summed E-state index contributed by atoms with van der Waals surface area (Å²) in [6.45, 7) is 7.21. The smallest absolute Gasteiger partial charge is 0.289 e. The summed E-state index contributed by atoms with van der Waals surface area (Å²) in [5.74, 6) is -3.75. The van der Waals surface area contributed by atoms with Crippen molar-refractivity contribution in [3.8, 4) is 17.1 Å². The van der Waals surface area contributed by atoms with E-state index >= 15 is 0 Å². The molecule has 2 aliphatic carbocycles. The van der Waals surface area contributed by atoms with Gasteiger partial charge in [0.15, 0.2) is 0 Å². The van der Waals surface area contributed by atoms with Crippen molar-refractivity contribution in [2.45, 2.75) is 128 Å². The standard InChI is InChI=1S/C43H55N9O7/c1-5-12-31(36(53)41(57)46-28-17-18-28)47-39(55)33-23-29(59-34-20-19-30(50-51-34)26-13-8-6-9-14-26)25-52(33)42(58)37(43(2,3)4)49-40(56)35(27-15-10-7-11-16-27)48-38(54)32-24-44-21-22-45-32/h6,8-9,13-14,19-22,24,27-29,31,33,35,37H,5,7,10-12,15-18,23,25H2,1-4H3,(H,46,57)(H,47,55)(H,48,54)(H,49,56)/t29-,31?,33?,35?,37?/m0/s1. The van der Waals surface area contributed by atoms with E-state index < -0.39 is 71.0 Å². The largest absolute Gasteiger partial charge is 0.471 e. The number of amides is 5. The summed E-state index contributed by atoms with van der Waals surface area (Å²) in [6.07, 6.45) is 10.0. The fraction of sp³-hybridized carbons (Fsp3) is 0.535. The lowest BCUT2D eigenvalue weighted by molar-refractivity contribution is -0.145. The van der Waals surface area contributed by atoms with Gasteiger partial charge >= 0.3 is 0 Å². The van der Waals surface area contributed by atoms with Crippen molar-refractivity contribution < 1.29 is 33.5 Å². The Bertz CT molecular complexity index is 1950. The second-order valence-electron chi connectivity index (χ2n) is 16.8. The van der Waals surface area contributed by atoms with Crippen molar-refractivity contribution in [2.24, 2.45) is 11.3 Å². The zero-order chi connectivity index (χ0) is 42.1. The summed E-state index contributed by atoms with van der Waals surface area (Å²) in [5, 5.41) is 19.9. The van der Waals surface area contributed by atoms with Gasteiger partial charge in [-0.1, -0.05) is 83.7 Å². The van der Waals surface area contributed by atoms with Crippen LogP contribution in [0.25, 0.3) is 11.3 Å². The van der Waals surface area contributed by atoms with Gasteiger partial charge in [0.05, 0.1) is 24.5 Å². The number of nitrogens with one attached hydrogen (secondary N) is 4. The minimum Gasteiger partial charge on any atom is -0.471 e. The molecule has 3 fully saturated rings. The van der Waals surface area contributed by atoms with E-state index in [1.54, 1.807) is 32.9 Å². The molecule has 4 unspecified atom stereocenters. The maximum Gasteiger partial charge on any atom is 0.289 e. The van der Waals surface area contributed by atoms with E-state index in [1.165, 1.54) is 23.5 Å². The number of carbonyl (C=O) groups excluding carboxylic acids is 6. The fourth-order valence-electron chi connectivity index (χ4n) is 7.70. The number of aromatic nitrogens is 4. The second kappa shape index (κ2) is 19.3. The molecule has 59 heavy (non-hydrogen) atoms. The highest BCUT2D eigenvalue weighted by molar-refractivity contribution is 6.38. The van der Waals surface area contributed by atoms with Crippen LogP contribution in [0, 0.1) is 11.3 Å². The molecule has 0 bridgehead atoms. The third-order valence-corrected chi connectivity index (χ3v) is 11.1. The number of hydrogen-bond acceptors (Lipinski definition) is 11. The molecule has 4 N–H and O–H groups in total. The van der Waals surface area contributed by atoms with Gasteiger partial charge in [0, 0.05) is 36.5 Å². The molecule has 5 amide bonds. The minimum atomic E-state index is -1.15. The molecule has 314 valence electrons. The highest BCUT2D eigenvalue weighted by Crippen LogP contribution is 2.31.